The summed E-state index contributed by atoms with van der Waals surface area (Å²) in [6.45, 7) is 3.08. The molecule has 0 saturated carbocycles. The van der Waals surface area contributed by atoms with Gasteiger partial charge in [-0.3, -0.25) is 9.97 Å². The number of hydrogen-bond acceptors (Lipinski definition) is 2. The molecule has 3 nitrogen and oxygen atoms in total. The first-order valence-corrected chi connectivity index (χ1v) is 5.09. The van der Waals surface area contributed by atoms with Crippen LogP contribution in [0, 0.1) is 0 Å². The number of aryl methyl sites for hydroxylation is 1. The third kappa shape index (κ3) is 1.06. The highest BCUT2D eigenvalue weighted by Crippen LogP contribution is 2.24. The van der Waals surface area contributed by atoms with Crippen LogP contribution in [0.25, 0.3) is 22.1 Å². The molecule has 0 spiro atoms. The molecule has 3 aromatic rings. The zero-order valence-corrected chi connectivity index (χ0v) is 8.51. The first-order chi connectivity index (χ1) is 7.42. The molecule has 0 amide bonds. The molecule has 15 heavy (non-hydrogen) atoms. The number of hydrogen-bond donors (Lipinski definition) is 0. The standard InChI is InChI=1S/C12H11N3/c1-2-15-9-5-3-7-13-11(9)12-10(15)6-4-8-14-12/h3-8H,2H2,1H3. The molecule has 0 N–H and O–H groups in total. The Hall–Kier alpha value is -1.90. The lowest BCUT2D eigenvalue weighted by Crippen LogP contribution is -1.92. The van der Waals surface area contributed by atoms with Crippen molar-refractivity contribution in [3.05, 3.63) is 36.7 Å². The summed E-state index contributed by atoms with van der Waals surface area (Å²) >= 11 is 0. The molecule has 3 heteroatoms. The van der Waals surface area contributed by atoms with Crippen LogP contribution in [-0.2, 0) is 6.54 Å². The molecule has 0 fully saturated rings. The quantitative estimate of drug-likeness (QED) is 0.600. The van der Waals surface area contributed by atoms with E-state index in [2.05, 4.69) is 33.6 Å². The Bertz CT molecular complexity index is 572. The van der Waals surface area contributed by atoms with Crippen LogP contribution in [0.5, 0.6) is 0 Å². The fraction of sp³-hybridized carbons (Fsp3) is 0.167. The highest BCUT2D eigenvalue weighted by Gasteiger charge is 2.09. The van der Waals surface area contributed by atoms with Gasteiger partial charge in [-0.1, -0.05) is 0 Å². The number of fused-ring (bicyclic) bond motifs is 3. The largest absolute Gasteiger partial charge is 0.338 e. The van der Waals surface area contributed by atoms with Gasteiger partial charge in [-0.15, -0.1) is 0 Å². The minimum atomic E-state index is 0.942. The van der Waals surface area contributed by atoms with Crippen LogP contribution in [0.15, 0.2) is 36.7 Å². The van der Waals surface area contributed by atoms with E-state index in [1.807, 2.05) is 24.5 Å². The van der Waals surface area contributed by atoms with E-state index in [0.717, 1.165) is 28.6 Å². The van der Waals surface area contributed by atoms with Crippen molar-refractivity contribution >= 4 is 22.1 Å². The summed E-state index contributed by atoms with van der Waals surface area (Å²) in [6, 6.07) is 8.11. The van der Waals surface area contributed by atoms with E-state index in [9.17, 15) is 0 Å². The Kier molecular flexibility index (Phi) is 1.71. The Balaban J connectivity index is 2.62. The van der Waals surface area contributed by atoms with E-state index >= 15 is 0 Å². The SMILES string of the molecule is CCn1c2cccnc2c2ncccc21. The molecule has 0 aliphatic heterocycles. The van der Waals surface area contributed by atoms with Crippen molar-refractivity contribution in [3.63, 3.8) is 0 Å². The van der Waals surface area contributed by atoms with Crippen LogP contribution in [0.2, 0.25) is 0 Å². The lowest BCUT2D eigenvalue weighted by molar-refractivity contribution is 0.826. The predicted molar refractivity (Wildman–Crippen MR) is 60.7 cm³/mol. The van der Waals surface area contributed by atoms with Gasteiger partial charge in [0.25, 0.3) is 0 Å². The van der Waals surface area contributed by atoms with Crippen LogP contribution >= 0.6 is 0 Å². The summed E-state index contributed by atoms with van der Waals surface area (Å²) in [7, 11) is 0. The Morgan fingerprint density at radius 2 is 1.53 bits per heavy atom. The zero-order valence-electron chi connectivity index (χ0n) is 8.51. The normalized spacial score (nSPS) is 11.3. The summed E-state index contributed by atoms with van der Waals surface area (Å²) in [4.78, 5) is 8.79. The predicted octanol–water partition coefficient (Wildman–Crippen LogP) is 2.60. The second-order valence-corrected chi connectivity index (χ2v) is 3.49. The molecular formula is C12H11N3. The third-order valence-corrected chi connectivity index (χ3v) is 2.69. The van der Waals surface area contributed by atoms with Gasteiger partial charge in [-0.25, -0.2) is 0 Å². The lowest BCUT2D eigenvalue weighted by atomic mass is 10.3. The van der Waals surface area contributed by atoms with Crippen molar-refractivity contribution in [2.45, 2.75) is 13.5 Å². The first-order valence-electron chi connectivity index (χ1n) is 5.09. The van der Waals surface area contributed by atoms with Crippen molar-refractivity contribution in [1.82, 2.24) is 14.5 Å². The maximum atomic E-state index is 4.39. The number of aromatic nitrogens is 3. The average molecular weight is 197 g/mol. The highest BCUT2D eigenvalue weighted by molar-refractivity contribution is 6.02. The molecule has 74 valence electrons. The molecule has 0 aromatic carbocycles. The first kappa shape index (κ1) is 8.41. The second-order valence-electron chi connectivity index (χ2n) is 3.49. The Morgan fingerprint density at radius 1 is 1.00 bits per heavy atom. The topological polar surface area (TPSA) is 30.7 Å². The summed E-state index contributed by atoms with van der Waals surface area (Å²) in [6.07, 6.45) is 3.63. The fourth-order valence-electron chi connectivity index (χ4n) is 2.06. The summed E-state index contributed by atoms with van der Waals surface area (Å²) in [5.41, 5.74) is 4.31. The number of rotatable bonds is 1. The molecule has 3 aromatic heterocycles. The maximum absolute atomic E-state index is 4.39. The van der Waals surface area contributed by atoms with Crippen molar-refractivity contribution in [1.29, 1.82) is 0 Å². The molecule has 0 atom stereocenters. The van der Waals surface area contributed by atoms with Gasteiger partial charge in [-0.05, 0) is 31.2 Å². The van der Waals surface area contributed by atoms with Crippen LogP contribution in [0.3, 0.4) is 0 Å². The van der Waals surface area contributed by atoms with Crippen molar-refractivity contribution < 1.29 is 0 Å². The van der Waals surface area contributed by atoms with Crippen molar-refractivity contribution in [2.75, 3.05) is 0 Å². The van der Waals surface area contributed by atoms with E-state index in [1.54, 1.807) is 0 Å². The molecule has 0 bridgehead atoms. The molecule has 0 aliphatic carbocycles. The maximum Gasteiger partial charge on any atom is 0.114 e. The van der Waals surface area contributed by atoms with E-state index in [4.69, 9.17) is 0 Å². The molecule has 0 unspecified atom stereocenters. The minimum Gasteiger partial charge on any atom is -0.338 e. The van der Waals surface area contributed by atoms with E-state index in [1.165, 1.54) is 0 Å². The smallest absolute Gasteiger partial charge is 0.114 e. The number of nitrogens with zero attached hydrogens (tertiary/aromatic N) is 3. The Labute approximate surface area is 87.4 Å². The summed E-state index contributed by atoms with van der Waals surface area (Å²) < 4.78 is 2.24. The van der Waals surface area contributed by atoms with Crippen molar-refractivity contribution in [3.8, 4) is 0 Å². The third-order valence-electron chi connectivity index (χ3n) is 2.69. The zero-order chi connectivity index (χ0) is 10.3. The van der Waals surface area contributed by atoms with Gasteiger partial charge >= 0.3 is 0 Å². The van der Waals surface area contributed by atoms with Crippen LogP contribution < -0.4 is 0 Å². The van der Waals surface area contributed by atoms with Gasteiger partial charge in [0.2, 0.25) is 0 Å². The molecular weight excluding hydrogens is 186 g/mol. The molecule has 3 heterocycles. The molecule has 0 saturated heterocycles. The Morgan fingerprint density at radius 3 is 2.00 bits per heavy atom. The lowest BCUT2D eigenvalue weighted by Gasteiger charge is -2.00. The summed E-state index contributed by atoms with van der Waals surface area (Å²) in [5, 5.41) is 0. The molecule has 0 aliphatic rings. The van der Waals surface area contributed by atoms with Gasteiger partial charge < -0.3 is 4.57 Å². The minimum absolute atomic E-state index is 0.942. The van der Waals surface area contributed by atoms with E-state index in [0.29, 0.717) is 0 Å². The summed E-state index contributed by atoms with van der Waals surface area (Å²) in [5.74, 6) is 0. The van der Waals surface area contributed by atoms with Crippen LogP contribution in [0.1, 0.15) is 6.92 Å². The van der Waals surface area contributed by atoms with Gasteiger partial charge in [0.1, 0.15) is 11.0 Å². The second kappa shape index (κ2) is 3.05. The van der Waals surface area contributed by atoms with Crippen molar-refractivity contribution in [2.24, 2.45) is 0 Å². The van der Waals surface area contributed by atoms with Gasteiger partial charge in [-0.2, -0.15) is 0 Å². The van der Waals surface area contributed by atoms with Crippen LogP contribution in [0.4, 0.5) is 0 Å². The van der Waals surface area contributed by atoms with E-state index in [-0.39, 0.29) is 0 Å². The molecule has 0 radical (unpaired) electrons. The average Bonchev–Trinajstić information content (AvgIpc) is 2.63. The van der Waals surface area contributed by atoms with Gasteiger partial charge in [0, 0.05) is 18.9 Å². The van der Waals surface area contributed by atoms with Gasteiger partial charge in [0.05, 0.1) is 11.0 Å². The van der Waals surface area contributed by atoms with E-state index < -0.39 is 0 Å². The van der Waals surface area contributed by atoms with Gasteiger partial charge in [0.15, 0.2) is 0 Å². The fourth-order valence-corrected chi connectivity index (χ4v) is 2.06. The van der Waals surface area contributed by atoms with Crippen LogP contribution in [-0.4, -0.2) is 14.5 Å². The number of pyridine rings is 2. The molecule has 3 rings (SSSR count). The monoisotopic (exact) mass is 197 g/mol. The highest BCUT2D eigenvalue weighted by atomic mass is 15.0.